The first-order valence-corrected chi connectivity index (χ1v) is 12.1. The van der Waals surface area contributed by atoms with Gasteiger partial charge in [0.15, 0.2) is 11.5 Å². The first kappa shape index (κ1) is 22.7. The molecule has 34 heavy (non-hydrogen) atoms. The number of aromatic nitrogens is 1. The average Bonchev–Trinajstić information content (AvgIpc) is 3.46. The first-order chi connectivity index (χ1) is 16.6. The normalized spacial score (nSPS) is 23.6. The van der Waals surface area contributed by atoms with Crippen LogP contribution in [0.2, 0.25) is 0 Å². The highest BCUT2D eigenvalue weighted by Crippen LogP contribution is 2.37. The fraction of sp³-hybridized carbons (Fsp3) is 0.500. The fourth-order valence-corrected chi connectivity index (χ4v) is 5.32. The number of pyridine rings is 1. The molecule has 0 aliphatic carbocycles. The molecule has 1 saturated heterocycles. The van der Waals surface area contributed by atoms with Crippen molar-refractivity contribution in [3.8, 4) is 11.5 Å². The second kappa shape index (κ2) is 10.0. The minimum Gasteiger partial charge on any atom is -0.454 e. The maximum absolute atomic E-state index is 13.1. The standard InChI is InChI=1S/C26H32N4O4/c1-29-10-4-9-28-25(31)13-21-16-30(26(32)22-5-2-3-8-27-22)15-19(21)7-6-18-11-23-24(34-17-33-23)12-20(18)14-29/h2-3,5,8,11-12,19,21H,4,6-7,9-10,13-17H2,1H3,(H,28,31)/t19-,21+/m1/s1. The summed E-state index contributed by atoms with van der Waals surface area (Å²) in [7, 11) is 2.11. The number of hydrogen-bond acceptors (Lipinski definition) is 6. The SMILES string of the molecule is CN1CCCNC(=O)C[C@H]2CN(C(=O)c3ccccn3)C[C@H]2CCc2cc3c(cc2C1)OCO3. The van der Waals surface area contributed by atoms with Crippen molar-refractivity contribution in [3.63, 3.8) is 0 Å². The lowest BCUT2D eigenvalue weighted by Crippen LogP contribution is -2.32. The number of likely N-dealkylation sites (tertiary alicyclic amines) is 1. The number of ether oxygens (including phenoxy) is 2. The Hall–Kier alpha value is -3.13. The Morgan fingerprint density at radius 1 is 1.12 bits per heavy atom. The van der Waals surface area contributed by atoms with Crippen molar-refractivity contribution >= 4 is 11.8 Å². The predicted octanol–water partition coefficient (Wildman–Crippen LogP) is 2.47. The summed E-state index contributed by atoms with van der Waals surface area (Å²) in [5, 5.41) is 3.08. The molecule has 1 N–H and O–H groups in total. The molecular weight excluding hydrogens is 432 g/mol. The van der Waals surface area contributed by atoms with Gasteiger partial charge in [-0.15, -0.1) is 0 Å². The lowest BCUT2D eigenvalue weighted by molar-refractivity contribution is -0.122. The monoisotopic (exact) mass is 464 g/mol. The maximum atomic E-state index is 13.1. The number of carbonyl (C=O) groups excluding carboxylic acids is 2. The highest BCUT2D eigenvalue weighted by Gasteiger charge is 2.37. The molecule has 3 aliphatic rings. The summed E-state index contributed by atoms with van der Waals surface area (Å²) >= 11 is 0. The van der Waals surface area contributed by atoms with Crippen LogP contribution in [0.15, 0.2) is 36.5 Å². The van der Waals surface area contributed by atoms with Gasteiger partial charge in [0.2, 0.25) is 12.7 Å². The molecule has 2 amide bonds. The highest BCUT2D eigenvalue weighted by atomic mass is 16.7. The van der Waals surface area contributed by atoms with Crippen molar-refractivity contribution in [3.05, 3.63) is 53.3 Å². The minimum absolute atomic E-state index is 0.0585. The van der Waals surface area contributed by atoms with Crippen molar-refractivity contribution in [1.29, 1.82) is 0 Å². The van der Waals surface area contributed by atoms with Crippen LogP contribution in [-0.2, 0) is 17.8 Å². The van der Waals surface area contributed by atoms with Crippen LogP contribution in [-0.4, -0.2) is 66.6 Å². The molecule has 5 rings (SSSR count). The third kappa shape index (κ3) is 5.01. The summed E-state index contributed by atoms with van der Waals surface area (Å²) in [6, 6.07) is 9.63. The van der Waals surface area contributed by atoms with E-state index in [0.717, 1.165) is 43.9 Å². The van der Waals surface area contributed by atoms with Gasteiger partial charge in [-0.3, -0.25) is 14.6 Å². The predicted molar refractivity (Wildman–Crippen MR) is 127 cm³/mol. The van der Waals surface area contributed by atoms with E-state index in [9.17, 15) is 9.59 Å². The third-order valence-electron chi connectivity index (χ3n) is 7.15. The smallest absolute Gasteiger partial charge is 0.272 e. The average molecular weight is 465 g/mol. The Labute approximate surface area is 200 Å². The summed E-state index contributed by atoms with van der Waals surface area (Å²) in [4.78, 5) is 34.1. The number of rotatable bonds is 1. The zero-order valence-electron chi connectivity index (χ0n) is 19.7. The molecule has 2 atom stereocenters. The van der Waals surface area contributed by atoms with Crippen LogP contribution in [0.5, 0.6) is 11.5 Å². The molecule has 0 radical (unpaired) electrons. The number of aryl methyl sites for hydroxylation is 1. The van der Waals surface area contributed by atoms with Gasteiger partial charge in [-0.1, -0.05) is 6.07 Å². The molecule has 8 heteroatoms. The first-order valence-electron chi connectivity index (χ1n) is 12.1. The van der Waals surface area contributed by atoms with E-state index in [-0.39, 0.29) is 30.4 Å². The van der Waals surface area contributed by atoms with E-state index in [1.807, 2.05) is 17.0 Å². The van der Waals surface area contributed by atoms with E-state index in [2.05, 4.69) is 34.4 Å². The van der Waals surface area contributed by atoms with Crippen LogP contribution in [0.3, 0.4) is 0 Å². The number of amides is 2. The van der Waals surface area contributed by atoms with E-state index in [1.165, 1.54) is 11.1 Å². The van der Waals surface area contributed by atoms with Crippen molar-refractivity contribution in [2.24, 2.45) is 11.8 Å². The Balaban J connectivity index is 1.38. The molecular formula is C26H32N4O4. The van der Waals surface area contributed by atoms with Gasteiger partial charge in [0.1, 0.15) is 5.69 Å². The van der Waals surface area contributed by atoms with E-state index in [0.29, 0.717) is 31.7 Å². The van der Waals surface area contributed by atoms with Gasteiger partial charge in [0.05, 0.1) is 0 Å². The second-order valence-corrected chi connectivity index (χ2v) is 9.60. The van der Waals surface area contributed by atoms with Crippen molar-refractivity contribution in [1.82, 2.24) is 20.1 Å². The molecule has 1 fully saturated rings. The minimum atomic E-state index is -0.0585. The molecule has 0 unspecified atom stereocenters. The quantitative estimate of drug-likeness (QED) is 0.698. The lowest BCUT2D eigenvalue weighted by Gasteiger charge is -2.22. The van der Waals surface area contributed by atoms with Crippen LogP contribution in [0, 0.1) is 11.8 Å². The number of benzene rings is 1. The number of nitrogens with zero attached hydrogens (tertiary/aromatic N) is 3. The molecule has 3 aliphatic heterocycles. The fourth-order valence-electron chi connectivity index (χ4n) is 5.32. The third-order valence-corrected chi connectivity index (χ3v) is 7.15. The van der Waals surface area contributed by atoms with Crippen LogP contribution >= 0.6 is 0 Å². The second-order valence-electron chi connectivity index (χ2n) is 9.60. The Bertz CT molecular complexity index is 1040. The van der Waals surface area contributed by atoms with Gasteiger partial charge in [0, 0.05) is 38.8 Å². The number of carbonyl (C=O) groups is 2. The van der Waals surface area contributed by atoms with Crippen LogP contribution in [0.1, 0.15) is 40.9 Å². The van der Waals surface area contributed by atoms with Crippen molar-refractivity contribution in [2.75, 3.05) is 40.0 Å². The van der Waals surface area contributed by atoms with E-state index in [4.69, 9.17) is 9.47 Å². The molecule has 2 aromatic rings. The molecule has 0 bridgehead atoms. The topological polar surface area (TPSA) is 84.0 Å². The summed E-state index contributed by atoms with van der Waals surface area (Å²) in [6.07, 6.45) is 4.75. The van der Waals surface area contributed by atoms with Gasteiger partial charge < -0.3 is 24.6 Å². The highest BCUT2D eigenvalue weighted by molar-refractivity contribution is 5.92. The molecule has 180 valence electrons. The lowest BCUT2D eigenvalue weighted by atomic mass is 9.86. The zero-order valence-corrected chi connectivity index (χ0v) is 19.7. The molecule has 0 spiro atoms. The summed E-state index contributed by atoms with van der Waals surface area (Å²) in [5.74, 6) is 2.01. The van der Waals surface area contributed by atoms with Gasteiger partial charge >= 0.3 is 0 Å². The van der Waals surface area contributed by atoms with E-state index < -0.39 is 0 Å². The largest absolute Gasteiger partial charge is 0.454 e. The number of fused-ring (bicyclic) bond motifs is 3. The van der Waals surface area contributed by atoms with Gasteiger partial charge in [-0.05, 0) is 80.1 Å². The van der Waals surface area contributed by atoms with Crippen LogP contribution < -0.4 is 14.8 Å². The zero-order chi connectivity index (χ0) is 23.5. The molecule has 1 aromatic carbocycles. The van der Waals surface area contributed by atoms with Crippen LogP contribution in [0.25, 0.3) is 0 Å². The molecule has 1 aromatic heterocycles. The van der Waals surface area contributed by atoms with E-state index in [1.54, 1.807) is 12.3 Å². The summed E-state index contributed by atoms with van der Waals surface area (Å²) in [5.41, 5.74) is 2.97. The Kier molecular flexibility index (Phi) is 6.67. The van der Waals surface area contributed by atoms with Crippen LogP contribution in [0.4, 0.5) is 0 Å². The summed E-state index contributed by atoms with van der Waals surface area (Å²) < 4.78 is 11.3. The number of hydrogen-bond donors (Lipinski definition) is 1. The van der Waals surface area contributed by atoms with Crippen molar-refractivity contribution in [2.45, 2.75) is 32.2 Å². The van der Waals surface area contributed by atoms with Gasteiger partial charge in [-0.2, -0.15) is 0 Å². The van der Waals surface area contributed by atoms with Gasteiger partial charge in [0.25, 0.3) is 5.91 Å². The molecule has 4 heterocycles. The van der Waals surface area contributed by atoms with Gasteiger partial charge in [-0.25, -0.2) is 0 Å². The molecule has 8 nitrogen and oxygen atoms in total. The maximum Gasteiger partial charge on any atom is 0.272 e. The van der Waals surface area contributed by atoms with E-state index >= 15 is 0 Å². The molecule has 0 saturated carbocycles. The number of nitrogens with one attached hydrogen (secondary N) is 1. The Morgan fingerprint density at radius 2 is 1.91 bits per heavy atom. The Morgan fingerprint density at radius 3 is 2.71 bits per heavy atom. The van der Waals surface area contributed by atoms with Crippen molar-refractivity contribution < 1.29 is 19.1 Å². The summed E-state index contributed by atoms with van der Waals surface area (Å²) in [6.45, 7) is 3.87.